The molecular formula is C14H21ClN2O2. The lowest BCUT2D eigenvalue weighted by Crippen LogP contribution is -2.38. The van der Waals surface area contributed by atoms with Gasteiger partial charge in [-0.2, -0.15) is 0 Å². The number of aryl methyl sites for hydroxylation is 1. The summed E-state index contributed by atoms with van der Waals surface area (Å²) in [6.45, 7) is 3.51. The minimum atomic E-state index is 0. The second kappa shape index (κ2) is 5.55. The lowest BCUT2D eigenvalue weighted by molar-refractivity contribution is 0.0781. The molecule has 1 saturated heterocycles. The van der Waals surface area contributed by atoms with E-state index in [4.69, 9.17) is 10.2 Å². The van der Waals surface area contributed by atoms with Crippen LogP contribution in [0.15, 0.2) is 16.7 Å². The van der Waals surface area contributed by atoms with Crippen molar-refractivity contribution in [3.63, 3.8) is 0 Å². The lowest BCUT2D eigenvalue weighted by atomic mass is 9.78. The van der Waals surface area contributed by atoms with Crippen LogP contribution in [0.4, 0.5) is 0 Å². The molecule has 5 heteroatoms. The average Bonchev–Trinajstić information content (AvgIpc) is 2.95. The van der Waals surface area contributed by atoms with Crippen LogP contribution in [0.5, 0.6) is 0 Å². The van der Waals surface area contributed by atoms with Gasteiger partial charge in [0.05, 0.1) is 11.8 Å². The summed E-state index contributed by atoms with van der Waals surface area (Å²) >= 11 is 0. The molecule has 2 N–H and O–H groups in total. The Bertz CT molecular complexity index is 460. The van der Waals surface area contributed by atoms with Gasteiger partial charge in [-0.3, -0.25) is 4.79 Å². The van der Waals surface area contributed by atoms with Crippen molar-refractivity contribution >= 4 is 18.3 Å². The third kappa shape index (κ3) is 2.51. The number of fused-ring (bicyclic) bond motifs is 1. The molecule has 19 heavy (non-hydrogen) atoms. The van der Waals surface area contributed by atoms with E-state index in [0.29, 0.717) is 23.2 Å². The number of rotatable bonds is 1. The number of furan rings is 1. The van der Waals surface area contributed by atoms with Crippen molar-refractivity contribution in [3.8, 4) is 0 Å². The van der Waals surface area contributed by atoms with E-state index in [1.165, 1.54) is 12.8 Å². The summed E-state index contributed by atoms with van der Waals surface area (Å²) in [7, 11) is 0. The van der Waals surface area contributed by atoms with E-state index in [0.717, 1.165) is 19.5 Å². The maximum Gasteiger partial charge on any atom is 0.257 e. The highest BCUT2D eigenvalue weighted by molar-refractivity contribution is 5.95. The molecule has 2 aliphatic rings. The zero-order valence-corrected chi connectivity index (χ0v) is 12.0. The summed E-state index contributed by atoms with van der Waals surface area (Å²) in [5, 5.41) is 0. The molecule has 4 nitrogen and oxygen atoms in total. The third-order valence-electron chi connectivity index (χ3n) is 4.53. The van der Waals surface area contributed by atoms with Gasteiger partial charge in [0.2, 0.25) is 0 Å². The number of nitrogens with zero attached hydrogens (tertiary/aromatic N) is 1. The minimum absolute atomic E-state index is 0. The van der Waals surface area contributed by atoms with Gasteiger partial charge < -0.3 is 15.1 Å². The molecule has 1 aromatic heterocycles. The van der Waals surface area contributed by atoms with Crippen LogP contribution in [0, 0.1) is 18.8 Å². The van der Waals surface area contributed by atoms with Crippen molar-refractivity contribution in [1.29, 1.82) is 0 Å². The van der Waals surface area contributed by atoms with Gasteiger partial charge >= 0.3 is 0 Å². The molecule has 2 heterocycles. The van der Waals surface area contributed by atoms with Crippen LogP contribution in [0.2, 0.25) is 0 Å². The summed E-state index contributed by atoms with van der Waals surface area (Å²) in [6.07, 6.45) is 5.10. The van der Waals surface area contributed by atoms with Crippen LogP contribution < -0.4 is 5.73 Å². The minimum Gasteiger partial charge on any atom is -0.469 e. The highest BCUT2D eigenvalue weighted by atomic mass is 35.5. The van der Waals surface area contributed by atoms with Crippen LogP contribution in [0.25, 0.3) is 0 Å². The summed E-state index contributed by atoms with van der Waals surface area (Å²) < 4.78 is 5.21. The third-order valence-corrected chi connectivity index (χ3v) is 4.53. The van der Waals surface area contributed by atoms with Crippen LogP contribution in [0.1, 0.15) is 35.4 Å². The molecule has 0 spiro atoms. The molecular weight excluding hydrogens is 264 g/mol. The van der Waals surface area contributed by atoms with Crippen molar-refractivity contribution in [1.82, 2.24) is 4.90 Å². The second-order valence-electron chi connectivity index (χ2n) is 5.62. The number of halogens is 1. The Labute approximate surface area is 119 Å². The van der Waals surface area contributed by atoms with Gasteiger partial charge in [0.15, 0.2) is 0 Å². The van der Waals surface area contributed by atoms with Gasteiger partial charge in [-0.15, -0.1) is 12.4 Å². The molecule has 2 fully saturated rings. The fourth-order valence-corrected chi connectivity index (χ4v) is 3.46. The van der Waals surface area contributed by atoms with Gasteiger partial charge in [-0.25, -0.2) is 0 Å². The van der Waals surface area contributed by atoms with Crippen LogP contribution in [0.3, 0.4) is 0 Å². The highest BCUT2D eigenvalue weighted by Gasteiger charge is 2.40. The summed E-state index contributed by atoms with van der Waals surface area (Å²) in [5.74, 6) is 1.90. The molecule has 0 aromatic carbocycles. The molecule has 3 rings (SSSR count). The molecule has 1 aromatic rings. The Morgan fingerprint density at radius 2 is 2.21 bits per heavy atom. The first-order valence-electron chi connectivity index (χ1n) is 6.76. The lowest BCUT2D eigenvalue weighted by Gasteiger charge is -2.29. The average molecular weight is 285 g/mol. The fourth-order valence-electron chi connectivity index (χ4n) is 3.46. The first-order chi connectivity index (χ1) is 8.66. The topological polar surface area (TPSA) is 59.5 Å². The van der Waals surface area contributed by atoms with Gasteiger partial charge in [0.1, 0.15) is 5.76 Å². The van der Waals surface area contributed by atoms with Crippen LogP contribution in [-0.4, -0.2) is 29.9 Å². The highest BCUT2D eigenvalue weighted by Crippen LogP contribution is 2.36. The number of nitrogens with two attached hydrogens (primary N) is 1. The molecule has 3 atom stereocenters. The van der Waals surface area contributed by atoms with E-state index in [1.54, 1.807) is 12.3 Å². The Morgan fingerprint density at radius 3 is 2.84 bits per heavy atom. The molecule has 0 bridgehead atoms. The predicted molar refractivity (Wildman–Crippen MR) is 75.4 cm³/mol. The molecule has 1 saturated carbocycles. The van der Waals surface area contributed by atoms with Gasteiger partial charge in [0, 0.05) is 19.1 Å². The quantitative estimate of drug-likeness (QED) is 0.860. The molecule has 1 aliphatic carbocycles. The molecule has 0 radical (unpaired) electrons. The van der Waals surface area contributed by atoms with Gasteiger partial charge in [0.25, 0.3) is 5.91 Å². The van der Waals surface area contributed by atoms with E-state index >= 15 is 0 Å². The molecule has 3 unspecified atom stereocenters. The van der Waals surface area contributed by atoms with E-state index in [-0.39, 0.29) is 24.4 Å². The molecule has 106 valence electrons. The van der Waals surface area contributed by atoms with Crippen molar-refractivity contribution in [2.75, 3.05) is 13.1 Å². The zero-order chi connectivity index (χ0) is 12.7. The smallest absolute Gasteiger partial charge is 0.257 e. The number of hydrogen-bond donors (Lipinski definition) is 1. The Balaban J connectivity index is 0.00000133. The maximum absolute atomic E-state index is 12.4. The van der Waals surface area contributed by atoms with E-state index in [9.17, 15) is 4.79 Å². The first-order valence-corrected chi connectivity index (χ1v) is 6.76. The predicted octanol–water partition coefficient (Wildman–Crippen LogP) is 2.21. The second-order valence-corrected chi connectivity index (χ2v) is 5.62. The number of carbonyl (C=O) groups is 1. The maximum atomic E-state index is 12.4. The number of likely N-dealkylation sites (tertiary alicyclic amines) is 1. The Morgan fingerprint density at radius 1 is 1.42 bits per heavy atom. The van der Waals surface area contributed by atoms with E-state index in [2.05, 4.69) is 0 Å². The normalized spacial score (nSPS) is 29.8. The summed E-state index contributed by atoms with van der Waals surface area (Å²) in [5.41, 5.74) is 6.87. The Hall–Kier alpha value is -1.00. The monoisotopic (exact) mass is 284 g/mol. The molecule has 1 amide bonds. The first kappa shape index (κ1) is 14.4. The standard InChI is InChI=1S/C14H20N2O2.ClH/c1-9-11(5-6-18-9)14(17)16-7-10-3-2-4-13(15)12(10)8-16;/h5-6,10,12-13H,2-4,7-8,15H2,1H3;1H. The number of carbonyl (C=O) groups excluding carboxylic acids is 1. The van der Waals surface area contributed by atoms with Crippen molar-refractivity contribution in [2.24, 2.45) is 17.6 Å². The van der Waals surface area contributed by atoms with Crippen molar-refractivity contribution < 1.29 is 9.21 Å². The van der Waals surface area contributed by atoms with Crippen LogP contribution >= 0.6 is 12.4 Å². The fraction of sp³-hybridized carbons (Fsp3) is 0.643. The van der Waals surface area contributed by atoms with Gasteiger partial charge in [-0.05, 0) is 37.7 Å². The zero-order valence-electron chi connectivity index (χ0n) is 11.2. The Kier molecular flexibility index (Phi) is 4.21. The van der Waals surface area contributed by atoms with Crippen molar-refractivity contribution in [3.05, 3.63) is 23.7 Å². The largest absolute Gasteiger partial charge is 0.469 e. The molecule has 1 aliphatic heterocycles. The van der Waals surface area contributed by atoms with Crippen LogP contribution in [-0.2, 0) is 0 Å². The van der Waals surface area contributed by atoms with Gasteiger partial charge in [-0.1, -0.05) is 6.42 Å². The van der Waals surface area contributed by atoms with E-state index < -0.39 is 0 Å². The van der Waals surface area contributed by atoms with Crippen molar-refractivity contribution in [2.45, 2.75) is 32.2 Å². The SMILES string of the molecule is Cc1occc1C(=O)N1CC2CCCC(N)C2C1.Cl. The number of amides is 1. The number of hydrogen-bond acceptors (Lipinski definition) is 3. The summed E-state index contributed by atoms with van der Waals surface area (Å²) in [4.78, 5) is 14.4. The van der Waals surface area contributed by atoms with E-state index in [1.807, 2.05) is 11.8 Å². The summed E-state index contributed by atoms with van der Waals surface area (Å²) in [6, 6.07) is 2.03.